The van der Waals surface area contributed by atoms with Gasteiger partial charge in [-0.25, -0.2) is 0 Å². The van der Waals surface area contributed by atoms with Gasteiger partial charge in [0.05, 0.1) is 5.41 Å². The Bertz CT molecular complexity index is 901. The van der Waals surface area contributed by atoms with Crippen LogP contribution in [0.5, 0.6) is 0 Å². The van der Waals surface area contributed by atoms with Crippen LogP contribution in [0, 0.1) is 6.92 Å². The molecule has 1 saturated carbocycles. The van der Waals surface area contributed by atoms with Crippen molar-refractivity contribution in [3.8, 4) is 0 Å². The van der Waals surface area contributed by atoms with Gasteiger partial charge in [0, 0.05) is 29.4 Å². The number of halogens is 1. The van der Waals surface area contributed by atoms with Gasteiger partial charge in [-0.3, -0.25) is 9.59 Å². The SMILES string of the molecule is Cc1cc(NC(=O)C2(c3ccc(Cl)cc3)CCCC2)ccc1N1CCCC1=O. The van der Waals surface area contributed by atoms with Gasteiger partial charge in [0.1, 0.15) is 0 Å². The lowest BCUT2D eigenvalue weighted by molar-refractivity contribution is -0.121. The number of hydrogen-bond donors (Lipinski definition) is 1. The number of anilines is 2. The molecule has 0 unspecified atom stereocenters. The fraction of sp³-hybridized carbons (Fsp3) is 0.391. The number of nitrogens with one attached hydrogen (secondary N) is 1. The van der Waals surface area contributed by atoms with Crippen molar-refractivity contribution in [2.45, 2.75) is 50.9 Å². The summed E-state index contributed by atoms with van der Waals surface area (Å²) in [6.45, 7) is 2.76. The lowest BCUT2D eigenvalue weighted by Gasteiger charge is -2.28. The van der Waals surface area contributed by atoms with Crippen LogP contribution < -0.4 is 10.2 Å². The van der Waals surface area contributed by atoms with Crippen molar-refractivity contribution in [2.24, 2.45) is 0 Å². The summed E-state index contributed by atoms with van der Waals surface area (Å²) in [5.74, 6) is 0.212. The third-order valence-corrected chi connectivity index (χ3v) is 6.36. The average Bonchev–Trinajstić information content (AvgIpc) is 3.33. The Hall–Kier alpha value is -2.33. The van der Waals surface area contributed by atoms with Crippen LogP contribution in [0.4, 0.5) is 11.4 Å². The van der Waals surface area contributed by atoms with E-state index in [4.69, 9.17) is 11.6 Å². The first kappa shape index (κ1) is 19.0. The maximum Gasteiger partial charge on any atom is 0.235 e. The lowest BCUT2D eigenvalue weighted by Crippen LogP contribution is -2.38. The quantitative estimate of drug-likeness (QED) is 0.769. The first-order valence-corrected chi connectivity index (χ1v) is 10.4. The molecule has 0 radical (unpaired) electrons. The van der Waals surface area contributed by atoms with Crippen LogP contribution in [0.2, 0.25) is 5.02 Å². The molecule has 146 valence electrons. The molecular weight excluding hydrogens is 372 g/mol. The first-order chi connectivity index (χ1) is 13.5. The van der Waals surface area contributed by atoms with E-state index in [2.05, 4.69) is 5.32 Å². The van der Waals surface area contributed by atoms with Crippen LogP contribution >= 0.6 is 11.6 Å². The summed E-state index contributed by atoms with van der Waals surface area (Å²) in [6, 6.07) is 13.5. The molecule has 0 atom stereocenters. The number of benzene rings is 2. The monoisotopic (exact) mass is 396 g/mol. The van der Waals surface area contributed by atoms with E-state index in [1.165, 1.54) is 0 Å². The van der Waals surface area contributed by atoms with E-state index in [9.17, 15) is 9.59 Å². The fourth-order valence-electron chi connectivity index (χ4n) is 4.58. The number of hydrogen-bond acceptors (Lipinski definition) is 2. The minimum atomic E-state index is -0.498. The molecule has 4 rings (SSSR count). The smallest absolute Gasteiger partial charge is 0.235 e. The molecule has 1 N–H and O–H groups in total. The Morgan fingerprint density at radius 2 is 1.79 bits per heavy atom. The second kappa shape index (κ2) is 7.59. The molecule has 0 aromatic heterocycles. The molecule has 2 aromatic rings. The zero-order valence-electron chi connectivity index (χ0n) is 16.1. The van der Waals surface area contributed by atoms with E-state index < -0.39 is 5.41 Å². The average molecular weight is 397 g/mol. The summed E-state index contributed by atoms with van der Waals surface area (Å²) < 4.78 is 0. The molecule has 2 aromatic carbocycles. The van der Waals surface area contributed by atoms with Crippen LogP contribution in [0.1, 0.15) is 49.7 Å². The molecule has 28 heavy (non-hydrogen) atoms. The highest BCUT2D eigenvalue weighted by molar-refractivity contribution is 6.30. The number of nitrogens with zero attached hydrogens (tertiary/aromatic N) is 1. The predicted octanol–water partition coefficient (Wildman–Crippen LogP) is 5.23. The summed E-state index contributed by atoms with van der Waals surface area (Å²) in [4.78, 5) is 27.2. The van der Waals surface area contributed by atoms with Crippen molar-refractivity contribution < 1.29 is 9.59 Å². The van der Waals surface area contributed by atoms with Crippen LogP contribution in [-0.4, -0.2) is 18.4 Å². The van der Waals surface area contributed by atoms with Gasteiger partial charge in [-0.1, -0.05) is 36.6 Å². The summed E-state index contributed by atoms with van der Waals surface area (Å²) >= 11 is 6.04. The standard InChI is InChI=1S/C23H25ClN2O2/c1-16-15-19(10-11-20(16)26-14-4-5-21(26)27)25-22(28)23(12-2-3-13-23)17-6-8-18(24)9-7-17/h6-11,15H,2-5,12-14H2,1H3,(H,25,28). The highest BCUT2D eigenvalue weighted by Gasteiger charge is 2.42. The molecule has 2 aliphatic rings. The number of aryl methyl sites for hydroxylation is 1. The number of carbonyl (C=O) groups excluding carboxylic acids is 2. The predicted molar refractivity (Wildman–Crippen MR) is 113 cm³/mol. The van der Waals surface area contributed by atoms with E-state index in [1.807, 2.05) is 54.3 Å². The van der Waals surface area contributed by atoms with Crippen molar-refractivity contribution in [1.29, 1.82) is 0 Å². The molecular formula is C23H25ClN2O2. The second-order valence-corrected chi connectivity index (χ2v) is 8.34. The Balaban J connectivity index is 1.57. The van der Waals surface area contributed by atoms with Crippen molar-refractivity contribution in [2.75, 3.05) is 16.8 Å². The third kappa shape index (κ3) is 3.42. The molecule has 1 saturated heterocycles. The number of carbonyl (C=O) groups is 2. The highest BCUT2D eigenvalue weighted by Crippen LogP contribution is 2.42. The van der Waals surface area contributed by atoms with Gasteiger partial charge in [-0.05, 0) is 67.6 Å². The van der Waals surface area contributed by atoms with Crippen LogP contribution in [0.3, 0.4) is 0 Å². The number of amides is 2. The molecule has 2 fully saturated rings. The molecule has 4 nitrogen and oxygen atoms in total. The molecule has 1 aliphatic heterocycles. The maximum absolute atomic E-state index is 13.3. The van der Waals surface area contributed by atoms with E-state index >= 15 is 0 Å². The number of rotatable bonds is 4. The zero-order chi connectivity index (χ0) is 19.7. The topological polar surface area (TPSA) is 49.4 Å². The van der Waals surface area contributed by atoms with Gasteiger partial charge in [0.15, 0.2) is 0 Å². The van der Waals surface area contributed by atoms with Gasteiger partial charge in [-0.15, -0.1) is 0 Å². The van der Waals surface area contributed by atoms with E-state index in [0.717, 1.165) is 61.2 Å². The molecule has 0 spiro atoms. The Morgan fingerprint density at radius 3 is 2.39 bits per heavy atom. The molecule has 1 aliphatic carbocycles. The molecule has 5 heteroatoms. The minimum absolute atomic E-state index is 0.0386. The van der Waals surface area contributed by atoms with Crippen molar-refractivity contribution in [3.05, 3.63) is 58.6 Å². The van der Waals surface area contributed by atoms with Gasteiger partial charge in [0.25, 0.3) is 0 Å². The first-order valence-electron chi connectivity index (χ1n) is 9.98. The Labute approximate surface area is 170 Å². The van der Waals surface area contributed by atoms with Gasteiger partial charge >= 0.3 is 0 Å². The molecule has 0 bridgehead atoms. The minimum Gasteiger partial charge on any atom is -0.325 e. The summed E-state index contributed by atoms with van der Waals surface area (Å²) in [5, 5.41) is 3.81. The van der Waals surface area contributed by atoms with E-state index in [1.54, 1.807) is 0 Å². The van der Waals surface area contributed by atoms with E-state index in [-0.39, 0.29) is 11.8 Å². The largest absolute Gasteiger partial charge is 0.325 e. The van der Waals surface area contributed by atoms with Gasteiger partial charge in [0.2, 0.25) is 11.8 Å². The van der Waals surface area contributed by atoms with Gasteiger partial charge < -0.3 is 10.2 Å². The summed E-state index contributed by atoms with van der Waals surface area (Å²) in [7, 11) is 0. The van der Waals surface area contributed by atoms with Crippen LogP contribution in [0.25, 0.3) is 0 Å². The lowest BCUT2D eigenvalue weighted by atomic mass is 9.78. The zero-order valence-corrected chi connectivity index (χ0v) is 16.9. The van der Waals surface area contributed by atoms with E-state index in [0.29, 0.717) is 11.4 Å². The highest BCUT2D eigenvalue weighted by atomic mass is 35.5. The maximum atomic E-state index is 13.3. The summed E-state index contributed by atoms with van der Waals surface area (Å²) in [5.41, 5.74) is 3.25. The molecule has 2 amide bonds. The summed E-state index contributed by atoms with van der Waals surface area (Å²) in [6.07, 6.45) is 5.30. The third-order valence-electron chi connectivity index (χ3n) is 6.11. The normalized spacial score (nSPS) is 18.5. The van der Waals surface area contributed by atoms with Crippen LogP contribution in [0.15, 0.2) is 42.5 Å². The Kier molecular flexibility index (Phi) is 5.15. The molecule has 1 heterocycles. The van der Waals surface area contributed by atoms with Crippen molar-refractivity contribution in [1.82, 2.24) is 0 Å². The Morgan fingerprint density at radius 1 is 1.07 bits per heavy atom. The van der Waals surface area contributed by atoms with Gasteiger partial charge in [-0.2, -0.15) is 0 Å². The van der Waals surface area contributed by atoms with Crippen molar-refractivity contribution >= 4 is 34.8 Å². The second-order valence-electron chi connectivity index (χ2n) is 7.90. The van der Waals surface area contributed by atoms with Crippen LogP contribution in [-0.2, 0) is 15.0 Å². The van der Waals surface area contributed by atoms with Crippen molar-refractivity contribution in [3.63, 3.8) is 0 Å². The fourth-order valence-corrected chi connectivity index (χ4v) is 4.71.